The first kappa shape index (κ1) is 12.0. The summed E-state index contributed by atoms with van der Waals surface area (Å²) < 4.78 is 37.9. The molecule has 0 bridgehead atoms. The number of halogens is 3. The van der Waals surface area contributed by atoms with Crippen molar-refractivity contribution >= 4 is 5.91 Å². The average Bonchev–Trinajstić information content (AvgIpc) is 1.99. The van der Waals surface area contributed by atoms with Gasteiger partial charge < -0.3 is 5.32 Å². The highest BCUT2D eigenvalue weighted by molar-refractivity contribution is 5.87. The molecule has 0 aliphatic carbocycles. The third-order valence-corrected chi connectivity index (χ3v) is 1.07. The molecule has 0 aliphatic heterocycles. The Morgan fingerprint density at radius 1 is 1.69 bits per heavy atom. The molecule has 1 unspecified atom stereocenters. The lowest BCUT2D eigenvalue weighted by Gasteiger charge is -2.13. The van der Waals surface area contributed by atoms with E-state index in [0.717, 1.165) is 6.08 Å². The van der Waals surface area contributed by atoms with Crippen LogP contribution >= 0.6 is 0 Å². The first-order valence-corrected chi connectivity index (χ1v) is 3.49. The lowest BCUT2D eigenvalue weighted by molar-refractivity contribution is -0.326. The van der Waals surface area contributed by atoms with E-state index >= 15 is 0 Å². The van der Waals surface area contributed by atoms with Crippen molar-refractivity contribution in [3.8, 4) is 0 Å². The SMILES string of the molecule is C=CC(=O)NC(C)COC(F)(F)F. The number of amides is 1. The number of alkyl halides is 3. The molecule has 0 heterocycles. The van der Waals surface area contributed by atoms with Gasteiger partial charge in [-0.2, -0.15) is 0 Å². The van der Waals surface area contributed by atoms with Gasteiger partial charge in [0, 0.05) is 0 Å². The number of carbonyl (C=O) groups excluding carboxylic acids is 1. The summed E-state index contributed by atoms with van der Waals surface area (Å²) in [7, 11) is 0. The van der Waals surface area contributed by atoms with E-state index in [1.54, 1.807) is 0 Å². The molecule has 1 atom stereocenters. The molecular formula is C7H10F3NO2. The van der Waals surface area contributed by atoms with Crippen LogP contribution in [0.25, 0.3) is 0 Å². The Kier molecular flexibility index (Phi) is 4.47. The van der Waals surface area contributed by atoms with E-state index in [1.165, 1.54) is 6.92 Å². The average molecular weight is 197 g/mol. The van der Waals surface area contributed by atoms with Crippen LogP contribution in [0.3, 0.4) is 0 Å². The van der Waals surface area contributed by atoms with Crippen molar-refractivity contribution in [2.45, 2.75) is 19.3 Å². The molecule has 0 radical (unpaired) electrons. The fraction of sp³-hybridized carbons (Fsp3) is 0.571. The summed E-state index contributed by atoms with van der Waals surface area (Å²) in [6.07, 6.45) is -3.68. The number of rotatable bonds is 4. The molecule has 0 aromatic carbocycles. The molecule has 1 N–H and O–H groups in total. The number of hydrogen-bond donors (Lipinski definition) is 1. The Morgan fingerprint density at radius 3 is 2.62 bits per heavy atom. The third kappa shape index (κ3) is 7.32. The van der Waals surface area contributed by atoms with Crippen LogP contribution in [-0.4, -0.2) is 24.9 Å². The second-order valence-corrected chi connectivity index (χ2v) is 2.37. The summed E-state index contributed by atoms with van der Waals surface area (Å²) in [6, 6.07) is -0.702. The zero-order chi connectivity index (χ0) is 10.5. The summed E-state index contributed by atoms with van der Waals surface area (Å²) in [5, 5.41) is 2.22. The standard InChI is InChI=1S/C7H10F3NO2/c1-3-6(12)11-5(2)4-13-7(8,9)10/h3,5H,1,4H2,2H3,(H,11,12). The largest absolute Gasteiger partial charge is 0.522 e. The lowest BCUT2D eigenvalue weighted by atomic mass is 10.3. The normalized spacial score (nSPS) is 13.5. The minimum absolute atomic E-state index is 0.529. The predicted octanol–water partition coefficient (Wildman–Crippen LogP) is 1.21. The van der Waals surface area contributed by atoms with Gasteiger partial charge in [-0.25, -0.2) is 0 Å². The van der Waals surface area contributed by atoms with Crippen LogP contribution < -0.4 is 5.32 Å². The summed E-state index contributed by atoms with van der Waals surface area (Å²) in [5.41, 5.74) is 0. The van der Waals surface area contributed by atoms with Crippen molar-refractivity contribution < 1.29 is 22.7 Å². The van der Waals surface area contributed by atoms with Crippen molar-refractivity contribution in [1.82, 2.24) is 5.32 Å². The Balaban J connectivity index is 3.69. The lowest BCUT2D eigenvalue weighted by Crippen LogP contribution is -2.36. The zero-order valence-corrected chi connectivity index (χ0v) is 7.02. The topological polar surface area (TPSA) is 38.3 Å². The Morgan fingerprint density at radius 2 is 2.23 bits per heavy atom. The fourth-order valence-corrected chi connectivity index (χ4v) is 0.563. The molecule has 3 nitrogen and oxygen atoms in total. The summed E-state index contributed by atoms with van der Waals surface area (Å²) in [5.74, 6) is -0.529. The van der Waals surface area contributed by atoms with Crippen LogP contribution in [0.4, 0.5) is 13.2 Å². The zero-order valence-electron chi connectivity index (χ0n) is 7.02. The summed E-state index contributed by atoms with van der Waals surface area (Å²) in [4.78, 5) is 10.6. The van der Waals surface area contributed by atoms with Crippen molar-refractivity contribution in [2.24, 2.45) is 0 Å². The number of carbonyl (C=O) groups is 1. The molecule has 13 heavy (non-hydrogen) atoms. The van der Waals surface area contributed by atoms with Crippen LogP contribution in [0.15, 0.2) is 12.7 Å². The Bertz CT molecular complexity index is 191. The maximum atomic E-state index is 11.5. The number of nitrogens with one attached hydrogen (secondary N) is 1. The van der Waals surface area contributed by atoms with E-state index in [9.17, 15) is 18.0 Å². The molecular weight excluding hydrogens is 187 g/mol. The van der Waals surface area contributed by atoms with Crippen LogP contribution in [0.1, 0.15) is 6.92 Å². The number of ether oxygens (including phenoxy) is 1. The van der Waals surface area contributed by atoms with Gasteiger partial charge in [0.15, 0.2) is 0 Å². The van der Waals surface area contributed by atoms with E-state index < -0.39 is 24.9 Å². The van der Waals surface area contributed by atoms with Gasteiger partial charge >= 0.3 is 6.36 Å². The molecule has 0 rings (SSSR count). The van der Waals surface area contributed by atoms with Crippen LogP contribution in [-0.2, 0) is 9.53 Å². The van der Waals surface area contributed by atoms with Crippen LogP contribution in [0.2, 0.25) is 0 Å². The van der Waals surface area contributed by atoms with E-state index in [0.29, 0.717) is 0 Å². The minimum Gasteiger partial charge on any atom is -0.348 e. The molecule has 76 valence electrons. The van der Waals surface area contributed by atoms with Crippen molar-refractivity contribution in [3.05, 3.63) is 12.7 Å². The monoisotopic (exact) mass is 197 g/mol. The molecule has 0 fully saturated rings. The van der Waals surface area contributed by atoms with E-state index in [4.69, 9.17) is 0 Å². The molecule has 0 saturated heterocycles. The van der Waals surface area contributed by atoms with E-state index in [1.807, 2.05) is 0 Å². The first-order valence-electron chi connectivity index (χ1n) is 3.49. The first-order chi connectivity index (χ1) is 5.85. The molecule has 1 amide bonds. The van der Waals surface area contributed by atoms with E-state index in [-0.39, 0.29) is 0 Å². The molecule has 0 aromatic heterocycles. The molecule has 0 aromatic rings. The Hall–Kier alpha value is -1.04. The smallest absolute Gasteiger partial charge is 0.348 e. The fourth-order valence-electron chi connectivity index (χ4n) is 0.563. The highest BCUT2D eigenvalue weighted by atomic mass is 19.4. The third-order valence-electron chi connectivity index (χ3n) is 1.07. The van der Waals surface area contributed by atoms with Gasteiger partial charge in [-0.15, -0.1) is 13.2 Å². The molecule has 0 aliphatic rings. The highest BCUT2D eigenvalue weighted by Crippen LogP contribution is 2.15. The second kappa shape index (κ2) is 4.86. The Labute approximate surface area is 73.6 Å². The summed E-state index contributed by atoms with van der Waals surface area (Å²) >= 11 is 0. The van der Waals surface area contributed by atoms with Gasteiger partial charge in [0.2, 0.25) is 5.91 Å². The van der Waals surface area contributed by atoms with Gasteiger partial charge in [-0.3, -0.25) is 9.53 Å². The minimum atomic E-state index is -4.66. The van der Waals surface area contributed by atoms with Crippen molar-refractivity contribution in [3.63, 3.8) is 0 Å². The van der Waals surface area contributed by atoms with Gasteiger partial charge in [0.1, 0.15) is 0 Å². The van der Waals surface area contributed by atoms with Crippen molar-refractivity contribution in [2.75, 3.05) is 6.61 Å². The van der Waals surface area contributed by atoms with Gasteiger partial charge in [-0.05, 0) is 13.0 Å². The quantitative estimate of drug-likeness (QED) is 0.688. The maximum Gasteiger partial charge on any atom is 0.522 e. The van der Waals surface area contributed by atoms with Gasteiger partial charge in [0.25, 0.3) is 0 Å². The van der Waals surface area contributed by atoms with Crippen molar-refractivity contribution in [1.29, 1.82) is 0 Å². The van der Waals surface area contributed by atoms with Crippen LogP contribution in [0, 0.1) is 0 Å². The summed E-state index contributed by atoms with van der Waals surface area (Å²) in [6.45, 7) is 3.94. The predicted molar refractivity (Wildman–Crippen MR) is 39.8 cm³/mol. The highest BCUT2D eigenvalue weighted by Gasteiger charge is 2.29. The molecule has 0 spiro atoms. The molecule has 0 saturated carbocycles. The second-order valence-electron chi connectivity index (χ2n) is 2.37. The van der Waals surface area contributed by atoms with Gasteiger partial charge in [-0.1, -0.05) is 6.58 Å². The van der Waals surface area contributed by atoms with Gasteiger partial charge in [0.05, 0.1) is 12.6 Å². The molecule has 6 heteroatoms. The van der Waals surface area contributed by atoms with Crippen LogP contribution in [0.5, 0.6) is 0 Å². The number of hydrogen-bond acceptors (Lipinski definition) is 2. The maximum absolute atomic E-state index is 11.5. The van der Waals surface area contributed by atoms with E-state index in [2.05, 4.69) is 16.6 Å².